The van der Waals surface area contributed by atoms with E-state index in [2.05, 4.69) is 52.0 Å². The molecule has 42 heavy (non-hydrogen) atoms. The second kappa shape index (κ2) is 13.2. The summed E-state index contributed by atoms with van der Waals surface area (Å²) in [6.45, 7) is 5.31. The largest absolute Gasteiger partial charge is 0.444 e. The molecule has 4 rings (SSSR count). The number of amides is 3. The van der Waals surface area contributed by atoms with Crippen LogP contribution in [-0.4, -0.2) is 45.6 Å². The predicted molar refractivity (Wildman–Crippen MR) is 161 cm³/mol. The number of ether oxygens (including phenoxy) is 1. The maximum atomic E-state index is 12.6. The lowest BCUT2D eigenvalue weighted by molar-refractivity contribution is -0.127. The molecule has 1 heterocycles. The van der Waals surface area contributed by atoms with Crippen LogP contribution in [-0.2, 0) is 26.3 Å². The van der Waals surface area contributed by atoms with Crippen molar-refractivity contribution in [3.8, 4) is 0 Å². The number of nitrogens with zero attached hydrogens (tertiary/aromatic N) is 2. The third-order valence-electron chi connectivity index (χ3n) is 6.71. The van der Waals surface area contributed by atoms with Crippen LogP contribution in [0.4, 0.5) is 4.79 Å². The molecule has 218 valence electrons. The number of nitrogens with one attached hydrogen (secondary N) is 2. The maximum absolute atomic E-state index is 12.6. The number of rotatable bonds is 11. The minimum absolute atomic E-state index is 0.0450. The Kier molecular flexibility index (Phi) is 9.42. The first-order valence-electron chi connectivity index (χ1n) is 13.8. The first-order chi connectivity index (χ1) is 20.1. The normalized spacial score (nSPS) is 12.3. The van der Waals surface area contributed by atoms with Gasteiger partial charge in [-0.1, -0.05) is 91.0 Å². The summed E-state index contributed by atoms with van der Waals surface area (Å²) in [7, 11) is 0. The molecule has 0 saturated heterocycles. The molecule has 3 amide bonds. The molecule has 9 heteroatoms. The highest BCUT2D eigenvalue weighted by Crippen LogP contribution is 2.40. The van der Waals surface area contributed by atoms with Crippen LogP contribution in [0, 0.1) is 0 Å². The second-order valence-electron chi connectivity index (χ2n) is 11.0. The molecular weight excluding hydrogens is 530 g/mol. The number of hydrogen-bond acceptors (Lipinski definition) is 5. The Morgan fingerprint density at radius 3 is 1.81 bits per heavy atom. The van der Waals surface area contributed by atoms with Crippen LogP contribution in [0.2, 0.25) is 0 Å². The van der Waals surface area contributed by atoms with E-state index >= 15 is 0 Å². The summed E-state index contributed by atoms with van der Waals surface area (Å²) in [5.41, 5.74) is 7.94. The number of nitrogens with two attached hydrogens (primary N) is 1. The number of benzene rings is 3. The fraction of sp³-hybridized carbons (Fsp3) is 0.273. The lowest BCUT2D eigenvalue weighted by atomic mass is 9.77. The molecule has 3 aromatic carbocycles. The SMILES string of the molecule is CC(C)(C)OC(=O)NCCC(=O)N[C@@H](Cc1cn(C(c2ccccc2)(c2ccccc2)c2ccccc2)cn1)C(N)=O. The number of carbonyl (C=O) groups is 3. The fourth-order valence-electron chi connectivity index (χ4n) is 4.93. The highest BCUT2D eigenvalue weighted by molar-refractivity contribution is 5.87. The molecule has 0 bridgehead atoms. The van der Waals surface area contributed by atoms with Crippen molar-refractivity contribution in [1.29, 1.82) is 0 Å². The maximum Gasteiger partial charge on any atom is 0.407 e. The molecule has 0 spiro atoms. The molecule has 0 aliphatic carbocycles. The zero-order valence-electron chi connectivity index (χ0n) is 24.1. The van der Waals surface area contributed by atoms with Crippen molar-refractivity contribution < 1.29 is 19.1 Å². The Hall–Kier alpha value is -4.92. The number of carbonyl (C=O) groups excluding carboxylic acids is 3. The van der Waals surface area contributed by atoms with Crippen LogP contribution in [0.3, 0.4) is 0 Å². The van der Waals surface area contributed by atoms with Gasteiger partial charge in [0.05, 0.1) is 12.0 Å². The van der Waals surface area contributed by atoms with Gasteiger partial charge < -0.3 is 25.7 Å². The van der Waals surface area contributed by atoms with Gasteiger partial charge in [-0.15, -0.1) is 0 Å². The zero-order chi connectivity index (χ0) is 30.2. The van der Waals surface area contributed by atoms with Crippen LogP contribution in [0.5, 0.6) is 0 Å². The third kappa shape index (κ3) is 7.23. The predicted octanol–water partition coefficient (Wildman–Crippen LogP) is 4.15. The first-order valence-corrected chi connectivity index (χ1v) is 13.8. The van der Waals surface area contributed by atoms with Gasteiger partial charge in [-0.25, -0.2) is 9.78 Å². The van der Waals surface area contributed by atoms with Gasteiger partial charge in [-0.3, -0.25) is 9.59 Å². The van der Waals surface area contributed by atoms with Gasteiger partial charge in [0.2, 0.25) is 11.8 Å². The van der Waals surface area contributed by atoms with Crippen LogP contribution < -0.4 is 16.4 Å². The van der Waals surface area contributed by atoms with E-state index in [0.29, 0.717) is 5.69 Å². The number of primary amides is 1. The van der Waals surface area contributed by atoms with E-state index in [0.717, 1.165) is 16.7 Å². The quantitative estimate of drug-likeness (QED) is 0.235. The van der Waals surface area contributed by atoms with Crippen molar-refractivity contribution in [2.45, 2.75) is 50.8 Å². The Morgan fingerprint density at radius 1 is 0.857 bits per heavy atom. The average Bonchev–Trinajstić information content (AvgIpc) is 3.42. The summed E-state index contributed by atoms with van der Waals surface area (Å²) in [5.74, 6) is -1.11. The van der Waals surface area contributed by atoms with Crippen LogP contribution in [0.1, 0.15) is 49.6 Å². The first kappa shape index (κ1) is 30.0. The topological polar surface area (TPSA) is 128 Å². The van der Waals surface area contributed by atoms with Gasteiger partial charge in [0.1, 0.15) is 17.2 Å². The Labute approximate surface area is 246 Å². The minimum atomic E-state index is -0.984. The lowest BCUT2D eigenvalue weighted by Gasteiger charge is -2.37. The minimum Gasteiger partial charge on any atom is -0.444 e. The van der Waals surface area contributed by atoms with Crippen LogP contribution in [0.15, 0.2) is 104 Å². The molecule has 1 atom stereocenters. The third-order valence-corrected chi connectivity index (χ3v) is 6.71. The van der Waals surface area contributed by atoms with Crippen molar-refractivity contribution in [3.63, 3.8) is 0 Å². The van der Waals surface area contributed by atoms with Crippen LogP contribution in [0.25, 0.3) is 0 Å². The van der Waals surface area contributed by atoms with Crippen LogP contribution >= 0.6 is 0 Å². The Bertz CT molecular complexity index is 1380. The summed E-state index contributed by atoms with van der Waals surface area (Å²) in [4.78, 5) is 41.4. The summed E-state index contributed by atoms with van der Waals surface area (Å²) in [6.07, 6.45) is 3.07. The van der Waals surface area contributed by atoms with E-state index in [4.69, 9.17) is 10.5 Å². The Balaban J connectivity index is 1.59. The average molecular weight is 568 g/mol. The van der Waals surface area contributed by atoms with Crippen molar-refractivity contribution >= 4 is 17.9 Å². The summed E-state index contributed by atoms with van der Waals surface area (Å²) < 4.78 is 7.21. The molecule has 0 aliphatic heterocycles. The summed E-state index contributed by atoms with van der Waals surface area (Å²) in [5, 5.41) is 5.21. The second-order valence-corrected chi connectivity index (χ2v) is 11.0. The number of hydrogen-bond donors (Lipinski definition) is 3. The fourth-order valence-corrected chi connectivity index (χ4v) is 4.93. The van der Waals surface area contributed by atoms with Gasteiger partial charge in [-0.05, 0) is 37.5 Å². The molecule has 0 saturated carbocycles. The van der Waals surface area contributed by atoms with E-state index in [1.54, 1.807) is 27.1 Å². The highest BCUT2D eigenvalue weighted by atomic mass is 16.6. The van der Waals surface area contributed by atoms with Gasteiger partial charge >= 0.3 is 6.09 Å². The van der Waals surface area contributed by atoms with E-state index in [-0.39, 0.29) is 19.4 Å². The molecule has 4 N–H and O–H groups in total. The lowest BCUT2D eigenvalue weighted by Crippen LogP contribution is -2.46. The van der Waals surface area contributed by atoms with Crippen molar-refractivity contribution in [1.82, 2.24) is 20.2 Å². The van der Waals surface area contributed by atoms with E-state index < -0.39 is 35.1 Å². The number of imidazole rings is 1. The smallest absolute Gasteiger partial charge is 0.407 e. The molecular formula is C33H37N5O4. The molecule has 0 unspecified atom stereocenters. The highest BCUT2D eigenvalue weighted by Gasteiger charge is 2.38. The number of alkyl carbamates (subject to hydrolysis) is 1. The monoisotopic (exact) mass is 567 g/mol. The van der Waals surface area contributed by atoms with Gasteiger partial charge in [0.15, 0.2) is 0 Å². The van der Waals surface area contributed by atoms with E-state index in [1.165, 1.54) is 0 Å². The van der Waals surface area contributed by atoms with Crippen molar-refractivity contribution in [3.05, 3.63) is 126 Å². The summed E-state index contributed by atoms with van der Waals surface area (Å²) >= 11 is 0. The Morgan fingerprint density at radius 2 is 1.36 bits per heavy atom. The molecule has 0 fully saturated rings. The van der Waals surface area contributed by atoms with E-state index in [9.17, 15) is 14.4 Å². The van der Waals surface area contributed by atoms with E-state index in [1.807, 2.05) is 65.4 Å². The molecule has 0 radical (unpaired) electrons. The molecule has 1 aromatic heterocycles. The molecule has 4 aromatic rings. The van der Waals surface area contributed by atoms with Gasteiger partial charge in [-0.2, -0.15) is 0 Å². The van der Waals surface area contributed by atoms with Gasteiger partial charge in [0.25, 0.3) is 0 Å². The summed E-state index contributed by atoms with van der Waals surface area (Å²) in [6, 6.07) is 29.5. The van der Waals surface area contributed by atoms with Crippen molar-refractivity contribution in [2.75, 3.05) is 6.54 Å². The van der Waals surface area contributed by atoms with Crippen molar-refractivity contribution in [2.24, 2.45) is 5.73 Å². The zero-order valence-corrected chi connectivity index (χ0v) is 24.1. The van der Waals surface area contributed by atoms with Gasteiger partial charge in [0, 0.05) is 25.6 Å². The molecule has 0 aliphatic rings. The molecule has 9 nitrogen and oxygen atoms in total. The standard InChI is InChI=1S/C33H37N5O4/c1-32(2,3)42-31(41)35-20-19-29(39)37-28(30(34)40)21-27-22-38(23-36-27)33(24-13-7-4-8-14-24,25-15-9-5-10-16-25)26-17-11-6-12-18-26/h4-18,22-23,28H,19-21H2,1-3H3,(H2,34,40)(H,35,41)(H,37,39)/t28-/m0/s1. The number of aromatic nitrogens is 2.